The Labute approximate surface area is 389 Å². The number of phosphoric ester groups is 2. The second-order valence-corrected chi connectivity index (χ2v) is 17.2. The molecule has 0 saturated carbocycles. The second-order valence-electron chi connectivity index (χ2n) is 14.6. The van der Waals surface area contributed by atoms with E-state index in [2.05, 4.69) is 138 Å². The minimum absolute atomic E-state index is 0.0533. The van der Waals surface area contributed by atoms with Gasteiger partial charge < -0.3 is 29.3 Å². The molecule has 1 unspecified atom stereocenters. The van der Waals surface area contributed by atoms with Gasteiger partial charge in [0.1, 0.15) is 12.7 Å². The van der Waals surface area contributed by atoms with E-state index in [-0.39, 0.29) is 12.8 Å². The number of hydrogen-bond acceptors (Lipinski definition) is 10. The van der Waals surface area contributed by atoms with Crippen LogP contribution >= 0.6 is 15.6 Å². The van der Waals surface area contributed by atoms with Crippen molar-refractivity contribution < 1.29 is 61.6 Å². The van der Waals surface area contributed by atoms with Gasteiger partial charge in [-0.3, -0.25) is 23.2 Å². The molecule has 366 valence electrons. The highest BCUT2D eigenvalue weighted by Crippen LogP contribution is 2.43. The molecule has 0 fully saturated rings. The highest BCUT2D eigenvalue weighted by molar-refractivity contribution is 7.47. The molecule has 0 rings (SSSR count). The molecule has 4 N–H and O–H groups in total. The molecule has 0 aromatic carbocycles. The van der Waals surface area contributed by atoms with Gasteiger partial charge in [-0.2, -0.15) is 0 Å². The van der Waals surface area contributed by atoms with Crippen LogP contribution in [0.5, 0.6) is 0 Å². The zero-order valence-corrected chi connectivity index (χ0v) is 40.6. The molecule has 0 amide bonds. The van der Waals surface area contributed by atoms with Gasteiger partial charge in [-0.1, -0.05) is 154 Å². The summed E-state index contributed by atoms with van der Waals surface area (Å²) < 4.78 is 47.7. The zero-order valence-electron chi connectivity index (χ0n) is 38.8. The summed E-state index contributed by atoms with van der Waals surface area (Å²) >= 11 is 0. The lowest BCUT2D eigenvalue weighted by Gasteiger charge is -2.20. The third kappa shape index (κ3) is 48.0. The molecule has 0 spiro atoms. The SMILES string of the molecule is CC/C=C\C/C=C\C/C=C\C/C=C\C/C=C\C/C=C\CCC(=O)OC[C@H](COP(=O)(O)OC[C@@H](O)COP(=O)(O)O)OC(=O)CCCCC/C=C\C/C=C\C/C=C\C/C=C\C/C=C\CC. The van der Waals surface area contributed by atoms with E-state index in [4.69, 9.17) is 23.8 Å². The third-order valence-corrected chi connectivity index (χ3v) is 9.97. The molecular weight excluding hydrogens is 870 g/mol. The first-order chi connectivity index (χ1) is 31.4. The lowest BCUT2D eigenvalue weighted by atomic mass is 10.1. The van der Waals surface area contributed by atoms with Crippen LogP contribution in [0.2, 0.25) is 0 Å². The fourth-order valence-corrected chi connectivity index (χ4v) is 6.32. The maximum Gasteiger partial charge on any atom is 0.472 e. The first-order valence-electron chi connectivity index (χ1n) is 22.9. The molecule has 15 heteroatoms. The predicted molar refractivity (Wildman–Crippen MR) is 262 cm³/mol. The fraction of sp³-hybridized carbons (Fsp3) is 0.520. The van der Waals surface area contributed by atoms with Crippen molar-refractivity contribution in [2.75, 3.05) is 26.4 Å². The number of aliphatic hydroxyl groups is 1. The molecule has 3 atom stereocenters. The normalized spacial score (nSPS) is 15.1. The Balaban J connectivity index is 4.70. The summed E-state index contributed by atoms with van der Waals surface area (Å²) in [4.78, 5) is 52.8. The van der Waals surface area contributed by atoms with E-state index in [1.54, 1.807) is 0 Å². The summed E-state index contributed by atoms with van der Waals surface area (Å²) in [7, 11) is -9.73. The molecule has 0 aromatic heterocycles. The van der Waals surface area contributed by atoms with Crippen molar-refractivity contribution in [1.29, 1.82) is 0 Å². The number of phosphoric acid groups is 2. The monoisotopic (exact) mass is 948 g/mol. The number of rotatable bonds is 41. The second kappa shape index (κ2) is 44.1. The Kier molecular flexibility index (Phi) is 41.6. The number of allylic oxidation sites excluding steroid dienone is 22. The largest absolute Gasteiger partial charge is 0.472 e. The van der Waals surface area contributed by atoms with Crippen molar-refractivity contribution in [2.45, 2.75) is 142 Å². The average Bonchev–Trinajstić information content (AvgIpc) is 3.27. The van der Waals surface area contributed by atoms with Gasteiger partial charge in [-0.15, -0.1) is 0 Å². The van der Waals surface area contributed by atoms with Crippen LogP contribution in [-0.2, 0) is 41.8 Å². The van der Waals surface area contributed by atoms with E-state index >= 15 is 0 Å². The van der Waals surface area contributed by atoms with Gasteiger partial charge in [0.25, 0.3) is 0 Å². The summed E-state index contributed by atoms with van der Waals surface area (Å²) in [5, 5.41) is 9.76. The van der Waals surface area contributed by atoms with Crippen LogP contribution in [0.25, 0.3) is 0 Å². The molecule has 0 aliphatic heterocycles. The van der Waals surface area contributed by atoms with Crippen molar-refractivity contribution in [1.82, 2.24) is 0 Å². The summed E-state index contributed by atoms with van der Waals surface area (Å²) in [6, 6.07) is 0. The molecule has 0 saturated heterocycles. The van der Waals surface area contributed by atoms with Crippen LogP contribution in [0.15, 0.2) is 134 Å². The standard InChI is InChI=1S/C50H78O13P2/c1-3-5-7-9-11-13-15-17-19-21-23-25-27-29-31-33-35-37-39-41-49(52)59-45-48(46-62-65(57,58)61-44-47(51)43-60-64(54,55)56)63-50(53)42-40-38-36-34-32-30-28-26-24-22-20-18-16-14-12-10-8-6-4-2/h5-8,11-14,17-20,23-26,29-32,35,37,47-48,51H,3-4,9-10,15-16,21-22,27-28,33-34,36,38-46H2,1-2H3,(H,57,58)(H2,54,55,56)/b7-5-,8-6-,13-11-,14-12-,19-17-,20-18-,25-23-,26-24-,31-29-,32-30-,37-35-/t47-,48+/m0/s1. The van der Waals surface area contributed by atoms with Gasteiger partial charge in [0.05, 0.1) is 19.8 Å². The van der Waals surface area contributed by atoms with Gasteiger partial charge in [-0.05, 0) is 96.3 Å². The Morgan fingerprint density at radius 1 is 0.446 bits per heavy atom. The minimum Gasteiger partial charge on any atom is -0.462 e. The van der Waals surface area contributed by atoms with Crippen LogP contribution in [0.3, 0.4) is 0 Å². The van der Waals surface area contributed by atoms with Crippen molar-refractivity contribution in [3.8, 4) is 0 Å². The van der Waals surface area contributed by atoms with Gasteiger partial charge in [-0.25, -0.2) is 9.13 Å². The van der Waals surface area contributed by atoms with E-state index in [1.807, 2.05) is 18.2 Å². The number of esters is 2. The molecular formula is C50H78O13P2. The maximum atomic E-state index is 12.7. The van der Waals surface area contributed by atoms with Crippen LogP contribution in [0.1, 0.15) is 129 Å². The third-order valence-electron chi connectivity index (χ3n) is 8.54. The number of aliphatic hydroxyl groups excluding tert-OH is 1. The van der Waals surface area contributed by atoms with Crippen LogP contribution in [0.4, 0.5) is 0 Å². The van der Waals surface area contributed by atoms with Crippen LogP contribution in [0, 0.1) is 0 Å². The van der Waals surface area contributed by atoms with Crippen molar-refractivity contribution in [3.05, 3.63) is 134 Å². The molecule has 65 heavy (non-hydrogen) atoms. The summed E-state index contributed by atoms with van der Waals surface area (Å²) in [5.41, 5.74) is 0. The number of carbonyl (C=O) groups is 2. The van der Waals surface area contributed by atoms with Crippen molar-refractivity contribution in [2.24, 2.45) is 0 Å². The average molecular weight is 949 g/mol. The topological polar surface area (TPSA) is 195 Å². The van der Waals surface area contributed by atoms with Crippen LogP contribution < -0.4 is 0 Å². The van der Waals surface area contributed by atoms with E-state index in [0.717, 1.165) is 83.5 Å². The minimum atomic E-state index is -4.88. The molecule has 0 bridgehead atoms. The smallest absolute Gasteiger partial charge is 0.462 e. The van der Waals surface area contributed by atoms with E-state index in [1.165, 1.54) is 0 Å². The molecule has 0 heterocycles. The number of hydrogen-bond donors (Lipinski definition) is 4. The number of unbranched alkanes of at least 4 members (excludes halogenated alkanes) is 3. The number of ether oxygens (including phenoxy) is 2. The molecule has 0 radical (unpaired) electrons. The lowest BCUT2D eigenvalue weighted by Crippen LogP contribution is -2.29. The molecule has 13 nitrogen and oxygen atoms in total. The first-order valence-corrected chi connectivity index (χ1v) is 25.9. The summed E-state index contributed by atoms with van der Waals surface area (Å²) in [5.74, 6) is -1.18. The number of carbonyl (C=O) groups excluding carboxylic acids is 2. The Bertz CT molecular complexity index is 1650. The zero-order chi connectivity index (χ0) is 48.0. The Morgan fingerprint density at radius 3 is 1.26 bits per heavy atom. The van der Waals surface area contributed by atoms with E-state index < -0.39 is 66.2 Å². The predicted octanol–water partition coefficient (Wildman–Crippen LogP) is 12.2. The van der Waals surface area contributed by atoms with Gasteiger partial charge in [0.15, 0.2) is 6.10 Å². The van der Waals surface area contributed by atoms with Gasteiger partial charge in [0, 0.05) is 12.8 Å². The van der Waals surface area contributed by atoms with Gasteiger partial charge in [0.2, 0.25) is 0 Å². The van der Waals surface area contributed by atoms with Crippen LogP contribution in [-0.4, -0.2) is 70.4 Å². The highest BCUT2D eigenvalue weighted by atomic mass is 31.2. The highest BCUT2D eigenvalue weighted by Gasteiger charge is 2.28. The fourth-order valence-electron chi connectivity index (χ4n) is 5.16. The molecule has 0 aromatic rings. The van der Waals surface area contributed by atoms with Crippen molar-refractivity contribution in [3.63, 3.8) is 0 Å². The maximum absolute atomic E-state index is 12.7. The van der Waals surface area contributed by atoms with Gasteiger partial charge >= 0.3 is 27.6 Å². The first kappa shape index (κ1) is 61.3. The van der Waals surface area contributed by atoms with E-state index in [9.17, 15) is 28.7 Å². The lowest BCUT2D eigenvalue weighted by molar-refractivity contribution is -0.161. The summed E-state index contributed by atoms with van der Waals surface area (Å²) in [6.45, 7) is 1.39. The van der Waals surface area contributed by atoms with Crippen molar-refractivity contribution >= 4 is 27.6 Å². The quantitative estimate of drug-likeness (QED) is 0.0196. The molecule has 0 aliphatic rings. The summed E-state index contributed by atoms with van der Waals surface area (Å²) in [6.07, 6.45) is 57.4. The Morgan fingerprint density at radius 2 is 0.831 bits per heavy atom. The van der Waals surface area contributed by atoms with E-state index in [0.29, 0.717) is 19.3 Å². The molecule has 0 aliphatic carbocycles. The Hall–Kier alpha value is -3.74.